The Labute approximate surface area is 367 Å². The van der Waals surface area contributed by atoms with E-state index in [9.17, 15) is 0 Å². The quantitative estimate of drug-likeness (QED) is 0.0931. The SMILES string of the molecule is C=C(C)CCC=C(C)C.C=CCCc1ccccc1.C=Cc1ccccc1.CC(C)=CCC/C(C)=C/CO.OC/C=C/CCc1ccccc1.OC/C=C/c1ccccc1. The summed E-state index contributed by atoms with van der Waals surface area (Å²) in [7, 11) is 0. The molecule has 0 aliphatic rings. The van der Waals surface area contributed by atoms with Gasteiger partial charge in [0.1, 0.15) is 0 Å². The summed E-state index contributed by atoms with van der Waals surface area (Å²) in [5.74, 6) is 0. The van der Waals surface area contributed by atoms with Crippen LogP contribution >= 0.6 is 0 Å². The lowest BCUT2D eigenvalue weighted by molar-refractivity contribution is 0.341. The molecular weight excluding hydrogens is 733 g/mol. The summed E-state index contributed by atoms with van der Waals surface area (Å²) in [5, 5.41) is 25.5. The third kappa shape index (κ3) is 42.3. The monoisotopic (exact) mass is 811 g/mol. The summed E-state index contributed by atoms with van der Waals surface area (Å²) in [6, 6.07) is 40.7. The van der Waals surface area contributed by atoms with Crippen molar-refractivity contribution in [1.82, 2.24) is 0 Å². The van der Waals surface area contributed by atoms with E-state index in [1.54, 1.807) is 12.2 Å². The van der Waals surface area contributed by atoms with Crippen molar-refractivity contribution in [1.29, 1.82) is 0 Å². The Morgan fingerprint density at radius 3 is 1.28 bits per heavy atom. The molecule has 0 fully saturated rings. The van der Waals surface area contributed by atoms with Gasteiger partial charge in [-0.1, -0.05) is 205 Å². The minimum absolute atomic E-state index is 0.106. The minimum Gasteiger partial charge on any atom is -0.392 e. The van der Waals surface area contributed by atoms with Gasteiger partial charge in [0.25, 0.3) is 0 Å². The van der Waals surface area contributed by atoms with Crippen LogP contribution in [0.4, 0.5) is 0 Å². The molecule has 60 heavy (non-hydrogen) atoms. The van der Waals surface area contributed by atoms with E-state index in [0.29, 0.717) is 0 Å². The normalized spacial score (nSPS) is 9.98. The topological polar surface area (TPSA) is 60.7 Å². The number of allylic oxidation sites excluding steroid dienone is 8. The van der Waals surface area contributed by atoms with Crippen molar-refractivity contribution in [3.63, 3.8) is 0 Å². The minimum atomic E-state index is 0.106. The Bertz CT molecular complexity index is 1720. The van der Waals surface area contributed by atoms with Crippen molar-refractivity contribution >= 4 is 12.2 Å². The van der Waals surface area contributed by atoms with Gasteiger partial charge in [-0.2, -0.15) is 0 Å². The highest BCUT2D eigenvalue weighted by atomic mass is 16.3. The fourth-order valence-electron chi connectivity index (χ4n) is 4.80. The van der Waals surface area contributed by atoms with Crippen LogP contribution in [0, 0.1) is 0 Å². The summed E-state index contributed by atoms with van der Waals surface area (Å²) >= 11 is 0. The highest BCUT2D eigenvalue weighted by molar-refractivity contribution is 5.48. The molecule has 0 unspecified atom stereocenters. The van der Waals surface area contributed by atoms with E-state index in [0.717, 1.165) is 56.9 Å². The van der Waals surface area contributed by atoms with Gasteiger partial charge in [-0.15, -0.1) is 13.2 Å². The van der Waals surface area contributed by atoms with Crippen LogP contribution in [0.5, 0.6) is 0 Å². The van der Waals surface area contributed by atoms with Crippen LogP contribution in [0.25, 0.3) is 12.2 Å². The van der Waals surface area contributed by atoms with Gasteiger partial charge in [-0.3, -0.25) is 0 Å². The number of hydrogen-bond acceptors (Lipinski definition) is 3. The summed E-state index contributed by atoms with van der Waals surface area (Å²) in [5.41, 5.74) is 10.3. The molecule has 3 nitrogen and oxygen atoms in total. The lowest BCUT2D eigenvalue weighted by Crippen LogP contribution is -1.81. The number of aliphatic hydroxyl groups is 3. The van der Waals surface area contributed by atoms with Crippen LogP contribution in [0.2, 0.25) is 0 Å². The smallest absolute Gasteiger partial charge is 0.0615 e. The highest BCUT2D eigenvalue weighted by Crippen LogP contribution is 2.07. The molecule has 3 N–H and O–H groups in total. The van der Waals surface area contributed by atoms with Crippen molar-refractivity contribution < 1.29 is 15.3 Å². The molecule has 0 radical (unpaired) electrons. The zero-order valence-corrected chi connectivity index (χ0v) is 38.0. The molecule has 324 valence electrons. The highest BCUT2D eigenvalue weighted by Gasteiger charge is 1.89. The molecule has 0 amide bonds. The number of rotatable bonds is 17. The Balaban J connectivity index is 0. The lowest BCUT2D eigenvalue weighted by Gasteiger charge is -1.96. The standard InChI is InChI=1S/C11H14O.C10H18O.C10H12.C9H10O.C9H16.C8H8/c12-10-6-2-5-9-11-7-3-1-4-8-11;1-9(2)5-4-6-10(3)7-8-11;1-2-3-7-10-8-5-4-6-9-10;10-8-4-7-9-5-2-1-3-6-9;1-8(2)6-5-7-9(3)4;1-2-8-6-4-3-5-7-8/h1-4,6-8,12H,5,9-10H2;5,7,11H,4,6,8H2,1-3H3;2,4-6,8-9H,1,3,7H2;1-7,10H,8H2;7H,1,5-6H2,2-4H3;2-7H,1H2/b6-2+;10-7+;;7-4+;;. The molecule has 4 aromatic carbocycles. The van der Waals surface area contributed by atoms with Gasteiger partial charge in [-0.05, 0) is 115 Å². The Kier molecular flexibility index (Phi) is 40.9. The van der Waals surface area contributed by atoms with Crippen molar-refractivity contribution in [2.75, 3.05) is 19.8 Å². The van der Waals surface area contributed by atoms with E-state index < -0.39 is 0 Å². The second kappa shape index (κ2) is 43.3. The number of aryl methyl sites for hydroxylation is 2. The molecule has 0 atom stereocenters. The van der Waals surface area contributed by atoms with Crippen molar-refractivity contribution in [2.45, 2.75) is 92.9 Å². The molecule has 0 heterocycles. The third-order valence-electron chi connectivity index (χ3n) is 8.10. The largest absolute Gasteiger partial charge is 0.392 e. The van der Waals surface area contributed by atoms with E-state index in [1.165, 1.54) is 39.0 Å². The molecule has 0 aromatic heterocycles. The first kappa shape index (κ1) is 56.8. The second-order valence-corrected chi connectivity index (χ2v) is 14.4. The van der Waals surface area contributed by atoms with E-state index in [2.05, 4.69) is 110 Å². The van der Waals surface area contributed by atoms with Gasteiger partial charge in [0.2, 0.25) is 0 Å². The molecule has 3 heteroatoms. The molecule has 0 spiro atoms. The first-order valence-electron chi connectivity index (χ1n) is 21.1. The van der Waals surface area contributed by atoms with Gasteiger partial charge in [0.05, 0.1) is 19.8 Å². The van der Waals surface area contributed by atoms with E-state index in [4.69, 9.17) is 15.3 Å². The number of hydrogen-bond donors (Lipinski definition) is 3. The molecule has 0 aliphatic heterocycles. The predicted octanol–water partition coefficient (Wildman–Crippen LogP) is 15.0. The number of benzene rings is 4. The van der Waals surface area contributed by atoms with Gasteiger partial charge < -0.3 is 15.3 Å². The van der Waals surface area contributed by atoms with Gasteiger partial charge in [0.15, 0.2) is 0 Å². The predicted molar refractivity (Wildman–Crippen MR) is 268 cm³/mol. The van der Waals surface area contributed by atoms with Crippen molar-refractivity contribution in [2.24, 2.45) is 0 Å². The second-order valence-electron chi connectivity index (χ2n) is 14.4. The zero-order valence-electron chi connectivity index (χ0n) is 38.0. The maximum atomic E-state index is 8.55. The molecule has 4 aromatic rings. The van der Waals surface area contributed by atoms with Crippen LogP contribution in [0.3, 0.4) is 0 Å². The maximum Gasteiger partial charge on any atom is 0.0615 e. The van der Waals surface area contributed by atoms with Gasteiger partial charge >= 0.3 is 0 Å². The average molecular weight is 811 g/mol. The van der Waals surface area contributed by atoms with Gasteiger partial charge in [0, 0.05) is 0 Å². The Hall–Kier alpha value is -5.32. The van der Waals surface area contributed by atoms with E-state index >= 15 is 0 Å². The molecule has 0 saturated carbocycles. The summed E-state index contributed by atoms with van der Waals surface area (Å²) in [6.07, 6.45) is 26.2. The fraction of sp³-hybridized carbons (Fsp3) is 0.298. The average Bonchev–Trinajstić information content (AvgIpc) is 3.26. The maximum absolute atomic E-state index is 8.55. The summed E-state index contributed by atoms with van der Waals surface area (Å²) < 4.78 is 0. The molecule has 0 aliphatic carbocycles. The Morgan fingerprint density at radius 2 is 0.900 bits per heavy atom. The molecule has 0 saturated heterocycles. The molecule has 0 bridgehead atoms. The van der Waals surface area contributed by atoms with Gasteiger partial charge in [-0.25, -0.2) is 0 Å². The van der Waals surface area contributed by atoms with Crippen LogP contribution in [-0.4, -0.2) is 35.1 Å². The van der Waals surface area contributed by atoms with Crippen LogP contribution < -0.4 is 0 Å². The lowest BCUT2D eigenvalue weighted by atomic mass is 10.1. The summed E-state index contributed by atoms with van der Waals surface area (Å²) in [6.45, 7) is 24.1. The first-order chi connectivity index (χ1) is 29.0. The molecule has 4 rings (SSSR count). The van der Waals surface area contributed by atoms with Crippen molar-refractivity contribution in [3.05, 3.63) is 228 Å². The van der Waals surface area contributed by atoms with Crippen LogP contribution in [-0.2, 0) is 12.8 Å². The van der Waals surface area contributed by atoms with E-state index in [1.807, 2.05) is 115 Å². The first-order valence-corrected chi connectivity index (χ1v) is 21.1. The summed E-state index contributed by atoms with van der Waals surface area (Å²) in [4.78, 5) is 0. The third-order valence-corrected chi connectivity index (χ3v) is 8.10. The Morgan fingerprint density at radius 1 is 0.467 bits per heavy atom. The zero-order chi connectivity index (χ0) is 44.9. The van der Waals surface area contributed by atoms with Crippen LogP contribution in [0.1, 0.15) is 102 Å². The fourth-order valence-corrected chi connectivity index (χ4v) is 4.80. The molecular formula is C57H78O3. The van der Waals surface area contributed by atoms with E-state index in [-0.39, 0.29) is 19.8 Å². The number of aliphatic hydroxyl groups excluding tert-OH is 3. The van der Waals surface area contributed by atoms with Crippen LogP contribution in [0.15, 0.2) is 206 Å². The van der Waals surface area contributed by atoms with Crippen molar-refractivity contribution in [3.8, 4) is 0 Å².